The molecule has 0 bridgehead atoms. The van der Waals surface area contributed by atoms with Crippen LogP contribution in [-0.4, -0.2) is 6.54 Å². The van der Waals surface area contributed by atoms with Gasteiger partial charge < -0.3 is 10.1 Å². The summed E-state index contributed by atoms with van der Waals surface area (Å²) in [5.41, 5.74) is 1.69. The molecule has 0 fully saturated rings. The zero-order chi connectivity index (χ0) is 16.3. The predicted molar refractivity (Wildman–Crippen MR) is 93.0 cm³/mol. The van der Waals surface area contributed by atoms with E-state index in [4.69, 9.17) is 4.74 Å². The molecule has 0 unspecified atom stereocenters. The number of rotatable bonds is 10. The summed E-state index contributed by atoms with van der Waals surface area (Å²) in [6.07, 6.45) is 5.03. The van der Waals surface area contributed by atoms with Crippen molar-refractivity contribution in [3.05, 3.63) is 65.5 Å². The number of unbranched alkanes of at least 4 members (excludes halogenated alkanes) is 3. The van der Waals surface area contributed by atoms with Crippen LogP contribution in [-0.2, 0) is 13.2 Å². The van der Waals surface area contributed by atoms with Gasteiger partial charge in [-0.15, -0.1) is 0 Å². The third kappa shape index (κ3) is 6.03. The molecule has 0 radical (unpaired) electrons. The topological polar surface area (TPSA) is 21.3 Å². The van der Waals surface area contributed by atoms with Crippen molar-refractivity contribution in [3.63, 3.8) is 0 Å². The molecular formula is C20H26FNO. The van der Waals surface area contributed by atoms with Gasteiger partial charge in [-0.25, -0.2) is 4.39 Å². The Morgan fingerprint density at radius 2 is 1.65 bits per heavy atom. The maximum absolute atomic E-state index is 13.7. The normalized spacial score (nSPS) is 10.7. The Morgan fingerprint density at radius 1 is 0.913 bits per heavy atom. The van der Waals surface area contributed by atoms with E-state index in [1.54, 1.807) is 12.1 Å². The number of hydrogen-bond acceptors (Lipinski definition) is 2. The van der Waals surface area contributed by atoms with E-state index >= 15 is 0 Å². The molecule has 23 heavy (non-hydrogen) atoms. The summed E-state index contributed by atoms with van der Waals surface area (Å²) in [5.74, 6) is 0.593. The minimum absolute atomic E-state index is 0.223. The molecule has 0 aliphatic carbocycles. The molecule has 0 spiro atoms. The summed E-state index contributed by atoms with van der Waals surface area (Å²) >= 11 is 0. The maximum Gasteiger partial charge on any atom is 0.129 e. The van der Waals surface area contributed by atoms with Crippen LogP contribution in [0, 0.1) is 5.82 Å². The lowest BCUT2D eigenvalue weighted by atomic mass is 10.1. The van der Waals surface area contributed by atoms with Crippen LogP contribution in [0.4, 0.5) is 4.39 Å². The summed E-state index contributed by atoms with van der Waals surface area (Å²) in [4.78, 5) is 0. The van der Waals surface area contributed by atoms with Crippen molar-refractivity contribution in [1.82, 2.24) is 5.32 Å². The van der Waals surface area contributed by atoms with Crippen molar-refractivity contribution in [2.24, 2.45) is 0 Å². The molecule has 0 saturated heterocycles. The molecule has 2 aromatic rings. The second kappa shape index (κ2) is 10.0. The van der Waals surface area contributed by atoms with Crippen molar-refractivity contribution < 1.29 is 9.13 Å². The molecule has 0 aliphatic heterocycles. The molecule has 124 valence electrons. The van der Waals surface area contributed by atoms with Gasteiger partial charge in [-0.3, -0.25) is 0 Å². The Labute approximate surface area is 138 Å². The predicted octanol–water partition coefficient (Wildman–Crippen LogP) is 5.07. The average molecular weight is 315 g/mol. The van der Waals surface area contributed by atoms with E-state index in [-0.39, 0.29) is 12.4 Å². The summed E-state index contributed by atoms with van der Waals surface area (Å²) in [7, 11) is 0. The van der Waals surface area contributed by atoms with Crippen LogP contribution in [0.3, 0.4) is 0 Å². The van der Waals surface area contributed by atoms with E-state index in [1.165, 1.54) is 31.7 Å². The Kier molecular flexibility index (Phi) is 7.61. The number of ether oxygens (including phenoxy) is 1. The SMILES string of the molecule is CCCCCCNCc1ccccc1OCc1ccccc1F. The first-order chi connectivity index (χ1) is 11.3. The molecule has 0 aromatic heterocycles. The highest BCUT2D eigenvalue weighted by molar-refractivity contribution is 5.33. The fourth-order valence-electron chi connectivity index (χ4n) is 2.46. The smallest absolute Gasteiger partial charge is 0.129 e. The molecule has 0 heterocycles. The van der Waals surface area contributed by atoms with Gasteiger partial charge in [0.2, 0.25) is 0 Å². The monoisotopic (exact) mass is 315 g/mol. The fourth-order valence-corrected chi connectivity index (χ4v) is 2.46. The van der Waals surface area contributed by atoms with Crippen LogP contribution in [0.1, 0.15) is 43.7 Å². The lowest BCUT2D eigenvalue weighted by Crippen LogP contribution is -2.15. The number of halogens is 1. The van der Waals surface area contributed by atoms with E-state index in [0.717, 1.165) is 24.4 Å². The summed E-state index contributed by atoms with van der Waals surface area (Å²) < 4.78 is 19.5. The third-order valence-electron chi connectivity index (χ3n) is 3.84. The number of benzene rings is 2. The fraction of sp³-hybridized carbons (Fsp3) is 0.400. The first-order valence-corrected chi connectivity index (χ1v) is 8.46. The van der Waals surface area contributed by atoms with Gasteiger partial charge in [0.05, 0.1) is 0 Å². The van der Waals surface area contributed by atoms with Crippen LogP contribution in [0.5, 0.6) is 5.75 Å². The molecule has 1 N–H and O–H groups in total. The molecule has 2 rings (SSSR count). The highest BCUT2D eigenvalue weighted by Gasteiger charge is 2.05. The molecule has 0 aliphatic rings. The lowest BCUT2D eigenvalue weighted by Gasteiger charge is -2.12. The number of para-hydroxylation sites is 1. The Morgan fingerprint density at radius 3 is 2.43 bits per heavy atom. The van der Waals surface area contributed by atoms with Crippen molar-refractivity contribution in [1.29, 1.82) is 0 Å². The second-order valence-corrected chi connectivity index (χ2v) is 5.73. The summed E-state index contributed by atoms with van der Waals surface area (Å²) in [5, 5.41) is 3.46. The summed E-state index contributed by atoms with van der Waals surface area (Å²) in [6.45, 7) is 4.26. The quantitative estimate of drug-likeness (QED) is 0.618. The van der Waals surface area contributed by atoms with Gasteiger partial charge in [0, 0.05) is 17.7 Å². The van der Waals surface area contributed by atoms with E-state index in [0.29, 0.717) is 5.56 Å². The standard InChI is InChI=1S/C20H26FNO/c1-2-3-4-9-14-22-15-17-10-6-8-13-20(17)23-16-18-11-5-7-12-19(18)21/h5-8,10-13,22H,2-4,9,14-16H2,1H3. The van der Waals surface area contributed by atoms with Crippen LogP contribution < -0.4 is 10.1 Å². The van der Waals surface area contributed by atoms with Gasteiger partial charge in [0.1, 0.15) is 18.2 Å². The van der Waals surface area contributed by atoms with E-state index in [2.05, 4.69) is 18.3 Å². The van der Waals surface area contributed by atoms with Gasteiger partial charge >= 0.3 is 0 Å². The molecule has 0 saturated carbocycles. The van der Waals surface area contributed by atoms with Gasteiger partial charge in [-0.05, 0) is 25.1 Å². The average Bonchev–Trinajstić information content (AvgIpc) is 2.58. The van der Waals surface area contributed by atoms with Gasteiger partial charge in [0.25, 0.3) is 0 Å². The highest BCUT2D eigenvalue weighted by atomic mass is 19.1. The summed E-state index contributed by atoms with van der Waals surface area (Å²) in [6, 6.07) is 14.7. The minimum atomic E-state index is -0.223. The van der Waals surface area contributed by atoms with Crippen LogP contribution in [0.15, 0.2) is 48.5 Å². The zero-order valence-corrected chi connectivity index (χ0v) is 13.9. The van der Waals surface area contributed by atoms with E-state index < -0.39 is 0 Å². The van der Waals surface area contributed by atoms with Crippen molar-refractivity contribution in [2.45, 2.75) is 45.8 Å². The lowest BCUT2D eigenvalue weighted by molar-refractivity contribution is 0.296. The first kappa shape index (κ1) is 17.5. The van der Waals surface area contributed by atoms with E-state index in [9.17, 15) is 4.39 Å². The number of hydrogen-bond donors (Lipinski definition) is 1. The molecule has 0 amide bonds. The van der Waals surface area contributed by atoms with Crippen LogP contribution in [0.2, 0.25) is 0 Å². The largest absolute Gasteiger partial charge is 0.488 e. The molecule has 0 atom stereocenters. The molecule has 2 nitrogen and oxygen atoms in total. The molecule has 2 aromatic carbocycles. The third-order valence-corrected chi connectivity index (χ3v) is 3.84. The minimum Gasteiger partial charge on any atom is -0.488 e. The molecule has 3 heteroatoms. The highest BCUT2D eigenvalue weighted by Crippen LogP contribution is 2.20. The molecular weight excluding hydrogens is 289 g/mol. The van der Waals surface area contributed by atoms with Crippen LogP contribution in [0.25, 0.3) is 0 Å². The Bertz CT molecular complexity index is 585. The van der Waals surface area contributed by atoms with Crippen molar-refractivity contribution in [3.8, 4) is 5.75 Å². The second-order valence-electron chi connectivity index (χ2n) is 5.73. The van der Waals surface area contributed by atoms with Crippen molar-refractivity contribution in [2.75, 3.05) is 6.54 Å². The van der Waals surface area contributed by atoms with Gasteiger partial charge in [0.15, 0.2) is 0 Å². The number of nitrogens with one attached hydrogen (secondary N) is 1. The van der Waals surface area contributed by atoms with Gasteiger partial charge in [-0.1, -0.05) is 62.6 Å². The van der Waals surface area contributed by atoms with Crippen molar-refractivity contribution >= 4 is 0 Å². The van der Waals surface area contributed by atoms with E-state index in [1.807, 2.05) is 24.3 Å². The maximum atomic E-state index is 13.7. The Balaban J connectivity index is 1.84. The first-order valence-electron chi connectivity index (χ1n) is 8.46. The zero-order valence-electron chi connectivity index (χ0n) is 13.9. The van der Waals surface area contributed by atoms with Gasteiger partial charge in [-0.2, -0.15) is 0 Å². The Hall–Kier alpha value is -1.87. The van der Waals surface area contributed by atoms with Crippen LogP contribution >= 0.6 is 0 Å².